The third-order valence-electron chi connectivity index (χ3n) is 3.65. The number of nitrogens with one attached hydrogen (secondary N) is 1. The Morgan fingerprint density at radius 2 is 1.83 bits per heavy atom. The van der Waals surface area contributed by atoms with Crippen LogP contribution >= 0.6 is 0 Å². The van der Waals surface area contributed by atoms with Gasteiger partial charge < -0.3 is 15.0 Å². The summed E-state index contributed by atoms with van der Waals surface area (Å²) >= 11 is 0. The first-order valence-corrected chi connectivity index (χ1v) is 8.35. The zero-order valence-electron chi connectivity index (χ0n) is 14.6. The summed E-state index contributed by atoms with van der Waals surface area (Å²) in [6.45, 7) is 5.70. The predicted molar refractivity (Wildman–Crippen MR) is 97.0 cm³/mol. The molecular weight excluding hydrogens is 302 g/mol. The number of benzene rings is 1. The molecule has 1 amide bonds. The normalized spacial score (nSPS) is 10.3. The summed E-state index contributed by atoms with van der Waals surface area (Å²) in [4.78, 5) is 18.8. The average molecular weight is 327 g/mol. The van der Waals surface area contributed by atoms with E-state index in [0.29, 0.717) is 11.4 Å². The van der Waals surface area contributed by atoms with Crippen molar-refractivity contribution in [2.45, 2.75) is 26.7 Å². The molecule has 1 heterocycles. The van der Waals surface area contributed by atoms with Gasteiger partial charge in [-0.1, -0.05) is 26.0 Å². The maximum atomic E-state index is 12.5. The third-order valence-corrected chi connectivity index (χ3v) is 3.65. The van der Waals surface area contributed by atoms with Gasteiger partial charge in [-0.25, -0.2) is 4.98 Å². The molecule has 0 spiro atoms. The van der Waals surface area contributed by atoms with Gasteiger partial charge in [0.15, 0.2) is 0 Å². The minimum atomic E-state index is 0.0371. The van der Waals surface area contributed by atoms with Crippen molar-refractivity contribution in [3.8, 4) is 5.75 Å². The molecule has 0 fully saturated rings. The van der Waals surface area contributed by atoms with Gasteiger partial charge in [0.25, 0.3) is 5.91 Å². The van der Waals surface area contributed by atoms with Crippen LogP contribution in [0.15, 0.2) is 42.6 Å². The number of para-hydroxylation sites is 2. The Kier molecular flexibility index (Phi) is 6.61. The second-order valence-corrected chi connectivity index (χ2v) is 5.55. The molecule has 0 unspecified atom stereocenters. The fourth-order valence-corrected chi connectivity index (χ4v) is 2.52. The molecule has 1 aromatic carbocycles. The number of hydrogen-bond donors (Lipinski definition) is 1. The van der Waals surface area contributed by atoms with E-state index >= 15 is 0 Å². The Morgan fingerprint density at radius 1 is 1.12 bits per heavy atom. The lowest BCUT2D eigenvalue weighted by Crippen LogP contribution is -2.32. The number of hydrogen-bond acceptors (Lipinski definition) is 4. The van der Waals surface area contributed by atoms with Crippen molar-refractivity contribution in [3.63, 3.8) is 0 Å². The molecule has 0 saturated heterocycles. The van der Waals surface area contributed by atoms with Crippen molar-refractivity contribution in [3.05, 3.63) is 48.2 Å². The first kappa shape index (κ1) is 17.8. The van der Waals surface area contributed by atoms with Crippen LogP contribution in [0.3, 0.4) is 0 Å². The van der Waals surface area contributed by atoms with E-state index in [9.17, 15) is 4.79 Å². The number of methoxy groups -OCH3 is 1. The minimum Gasteiger partial charge on any atom is -0.495 e. The van der Waals surface area contributed by atoms with Crippen molar-refractivity contribution < 1.29 is 9.53 Å². The van der Waals surface area contributed by atoms with Gasteiger partial charge in [0, 0.05) is 19.3 Å². The topological polar surface area (TPSA) is 54.5 Å². The highest BCUT2D eigenvalue weighted by Gasteiger charge is 2.14. The molecule has 0 aliphatic rings. The zero-order valence-corrected chi connectivity index (χ0v) is 14.6. The van der Waals surface area contributed by atoms with Crippen LogP contribution in [-0.4, -0.2) is 36.0 Å². The van der Waals surface area contributed by atoms with Crippen LogP contribution in [0, 0.1) is 0 Å². The maximum Gasteiger partial charge on any atom is 0.255 e. The quantitative estimate of drug-likeness (QED) is 0.793. The molecular formula is C19H25N3O2. The Hall–Kier alpha value is -2.56. The van der Waals surface area contributed by atoms with Crippen molar-refractivity contribution in [2.75, 3.05) is 25.5 Å². The number of nitrogens with zero attached hydrogens (tertiary/aromatic N) is 2. The van der Waals surface area contributed by atoms with E-state index in [1.807, 2.05) is 41.3 Å². The summed E-state index contributed by atoms with van der Waals surface area (Å²) in [5.41, 5.74) is 1.45. The van der Waals surface area contributed by atoms with E-state index < -0.39 is 0 Å². The van der Waals surface area contributed by atoms with Crippen LogP contribution in [0.4, 0.5) is 11.5 Å². The van der Waals surface area contributed by atoms with E-state index in [1.165, 1.54) is 0 Å². The second-order valence-electron chi connectivity index (χ2n) is 5.55. The molecule has 2 aromatic rings. The van der Waals surface area contributed by atoms with Gasteiger partial charge in [0.1, 0.15) is 11.6 Å². The molecule has 5 nitrogen and oxygen atoms in total. The number of amides is 1. The fourth-order valence-electron chi connectivity index (χ4n) is 2.52. The molecule has 0 aliphatic heterocycles. The Labute approximate surface area is 143 Å². The zero-order chi connectivity index (χ0) is 17.4. The van der Waals surface area contributed by atoms with E-state index in [-0.39, 0.29) is 5.91 Å². The van der Waals surface area contributed by atoms with Crippen LogP contribution in [0.5, 0.6) is 5.75 Å². The van der Waals surface area contributed by atoms with E-state index in [2.05, 4.69) is 24.1 Å². The van der Waals surface area contributed by atoms with Crippen LogP contribution in [-0.2, 0) is 0 Å². The lowest BCUT2D eigenvalue weighted by atomic mass is 10.2. The van der Waals surface area contributed by atoms with Gasteiger partial charge >= 0.3 is 0 Å². The number of aromatic nitrogens is 1. The van der Waals surface area contributed by atoms with Gasteiger partial charge in [0.2, 0.25) is 0 Å². The minimum absolute atomic E-state index is 0.0371. The number of rotatable bonds is 8. The van der Waals surface area contributed by atoms with Crippen molar-refractivity contribution >= 4 is 17.4 Å². The smallest absolute Gasteiger partial charge is 0.255 e. The highest BCUT2D eigenvalue weighted by atomic mass is 16.5. The number of pyridine rings is 1. The molecule has 5 heteroatoms. The molecule has 1 aromatic heterocycles. The lowest BCUT2D eigenvalue weighted by Gasteiger charge is -2.21. The molecule has 1 N–H and O–H groups in total. The summed E-state index contributed by atoms with van der Waals surface area (Å²) in [7, 11) is 1.63. The first-order chi connectivity index (χ1) is 11.7. The Bertz CT molecular complexity index is 650. The monoisotopic (exact) mass is 327 g/mol. The molecule has 0 aliphatic carbocycles. The number of carbonyl (C=O) groups is 1. The van der Waals surface area contributed by atoms with E-state index in [1.54, 1.807) is 13.3 Å². The van der Waals surface area contributed by atoms with E-state index in [0.717, 1.165) is 37.4 Å². The average Bonchev–Trinajstić information content (AvgIpc) is 2.62. The van der Waals surface area contributed by atoms with Gasteiger partial charge in [-0.3, -0.25) is 4.79 Å². The van der Waals surface area contributed by atoms with Crippen LogP contribution in [0.2, 0.25) is 0 Å². The third kappa shape index (κ3) is 4.47. The number of carbonyl (C=O) groups excluding carboxylic acids is 1. The molecule has 0 bridgehead atoms. The van der Waals surface area contributed by atoms with Gasteiger partial charge in [-0.2, -0.15) is 0 Å². The SMILES string of the molecule is CCCN(CCC)C(=O)c1ccc(Nc2ccccc2OC)nc1. The molecule has 24 heavy (non-hydrogen) atoms. The summed E-state index contributed by atoms with van der Waals surface area (Å²) < 4.78 is 5.31. The molecule has 0 atom stereocenters. The first-order valence-electron chi connectivity index (χ1n) is 8.35. The van der Waals surface area contributed by atoms with Crippen LogP contribution in [0.1, 0.15) is 37.0 Å². The molecule has 0 saturated carbocycles. The van der Waals surface area contributed by atoms with Crippen molar-refractivity contribution in [1.82, 2.24) is 9.88 Å². The predicted octanol–water partition coefficient (Wildman–Crippen LogP) is 4.10. The largest absolute Gasteiger partial charge is 0.495 e. The summed E-state index contributed by atoms with van der Waals surface area (Å²) in [5, 5.41) is 3.21. The summed E-state index contributed by atoms with van der Waals surface area (Å²) in [5.74, 6) is 1.46. The number of ether oxygens (including phenoxy) is 1. The second kappa shape index (κ2) is 8.91. The van der Waals surface area contributed by atoms with Crippen molar-refractivity contribution in [2.24, 2.45) is 0 Å². The highest BCUT2D eigenvalue weighted by molar-refractivity contribution is 5.94. The summed E-state index contributed by atoms with van der Waals surface area (Å²) in [6.07, 6.45) is 3.53. The summed E-state index contributed by atoms with van der Waals surface area (Å²) in [6, 6.07) is 11.3. The molecule has 2 rings (SSSR count). The van der Waals surface area contributed by atoms with E-state index in [4.69, 9.17) is 4.74 Å². The molecule has 0 radical (unpaired) electrons. The number of anilines is 2. The Morgan fingerprint density at radius 3 is 2.42 bits per heavy atom. The fraction of sp³-hybridized carbons (Fsp3) is 0.368. The van der Waals surface area contributed by atoms with Crippen LogP contribution < -0.4 is 10.1 Å². The van der Waals surface area contributed by atoms with Crippen molar-refractivity contribution in [1.29, 1.82) is 0 Å². The van der Waals surface area contributed by atoms with Gasteiger partial charge in [-0.15, -0.1) is 0 Å². The molecule has 128 valence electrons. The lowest BCUT2D eigenvalue weighted by molar-refractivity contribution is 0.0755. The maximum absolute atomic E-state index is 12.5. The van der Waals surface area contributed by atoms with Gasteiger partial charge in [0.05, 0.1) is 18.4 Å². The Balaban J connectivity index is 2.11. The standard InChI is InChI=1S/C19H25N3O2/c1-4-12-22(13-5-2)19(23)15-10-11-18(20-14-15)21-16-8-6-7-9-17(16)24-3/h6-11,14H,4-5,12-13H2,1-3H3,(H,20,21). The van der Waals surface area contributed by atoms with Gasteiger partial charge in [-0.05, 0) is 37.1 Å². The van der Waals surface area contributed by atoms with Crippen LogP contribution in [0.25, 0.3) is 0 Å². The highest BCUT2D eigenvalue weighted by Crippen LogP contribution is 2.26.